The zero-order chi connectivity index (χ0) is 33.3. The summed E-state index contributed by atoms with van der Waals surface area (Å²) < 4.78 is 10.9. The Hall–Kier alpha value is -4.39. The van der Waals surface area contributed by atoms with E-state index in [1.54, 1.807) is 3.28 Å². The van der Waals surface area contributed by atoms with Gasteiger partial charge in [-0.25, -0.2) is 0 Å². The van der Waals surface area contributed by atoms with Gasteiger partial charge in [0.1, 0.15) is 0 Å². The molecule has 254 valence electrons. The first-order valence-corrected chi connectivity index (χ1v) is 25.7. The van der Waals surface area contributed by atoms with Crippen molar-refractivity contribution in [2.75, 3.05) is 0 Å². The summed E-state index contributed by atoms with van der Waals surface area (Å²) in [5.74, 6) is 0. The second-order valence-electron chi connectivity index (χ2n) is 14.9. The molecule has 8 aromatic carbocycles. The molecule has 0 amide bonds. The second kappa shape index (κ2) is 13.2. The van der Waals surface area contributed by atoms with Crippen molar-refractivity contribution in [2.45, 2.75) is 21.1 Å². The zero-order valence-electron chi connectivity index (χ0n) is 29.0. The Kier molecular flexibility index (Phi) is 8.83. The van der Waals surface area contributed by atoms with Gasteiger partial charge in [-0.1, -0.05) is 0 Å². The van der Waals surface area contributed by atoms with Crippen molar-refractivity contribution in [1.29, 1.82) is 0 Å². The predicted octanol–water partition coefficient (Wildman–Crippen LogP) is 12.7. The van der Waals surface area contributed by atoms with Gasteiger partial charge in [-0.3, -0.25) is 0 Å². The third-order valence-electron chi connectivity index (χ3n) is 12.1. The van der Waals surface area contributed by atoms with Crippen molar-refractivity contribution in [3.05, 3.63) is 195 Å². The first-order valence-electron chi connectivity index (χ1n) is 18.0. The molecule has 3 heteroatoms. The molecular weight excluding hydrogens is 751 g/mol. The van der Waals surface area contributed by atoms with Crippen LogP contribution in [-0.4, -0.2) is 4.21 Å². The SMILES string of the molecule is Cl.Cl.[CH2]=[Zr]([CH2]c1cccc2ccccc12)([CH2]c1cccc2ccccc12)([C]1=CC=CC1)[c]1cccc2c1c1c(c3ccccc32)-c2ccccc2C1. The summed E-state index contributed by atoms with van der Waals surface area (Å²) in [5, 5.41) is 10.9. The van der Waals surface area contributed by atoms with Gasteiger partial charge in [0.2, 0.25) is 0 Å². The average Bonchev–Trinajstić information content (AvgIpc) is 3.86. The summed E-state index contributed by atoms with van der Waals surface area (Å²) in [6, 6.07) is 57.3. The van der Waals surface area contributed by atoms with E-state index in [0.29, 0.717) is 0 Å². The first kappa shape index (κ1) is 34.7. The molecule has 52 heavy (non-hydrogen) atoms. The van der Waals surface area contributed by atoms with Gasteiger partial charge in [0.05, 0.1) is 0 Å². The van der Waals surface area contributed by atoms with Crippen molar-refractivity contribution >= 4 is 75.4 Å². The minimum atomic E-state index is -4.72. The Morgan fingerprint density at radius 2 is 1.06 bits per heavy atom. The summed E-state index contributed by atoms with van der Waals surface area (Å²) in [4.78, 5) is 0. The Bertz CT molecular complexity index is 2740. The molecule has 0 saturated carbocycles. The van der Waals surface area contributed by atoms with Crippen LogP contribution in [0.25, 0.3) is 54.2 Å². The number of benzene rings is 8. The van der Waals surface area contributed by atoms with Gasteiger partial charge < -0.3 is 0 Å². The number of hydrogen-bond donors (Lipinski definition) is 0. The van der Waals surface area contributed by atoms with Crippen LogP contribution in [0.3, 0.4) is 0 Å². The number of allylic oxidation sites excluding steroid dienone is 4. The van der Waals surface area contributed by atoms with Gasteiger partial charge in [0.15, 0.2) is 0 Å². The molecule has 0 radical (unpaired) electrons. The fourth-order valence-electron chi connectivity index (χ4n) is 9.86. The quantitative estimate of drug-likeness (QED) is 0.147. The summed E-state index contributed by atoms with van der Waals surface area (Å²) in [6.45, 7) is 0. The van der Waals surface area contributed by atoms with Gasteiger partial charge in [0.25, 0.3) is 0 Å². The fraction of sp³-hybridized carbons (Fsp3) is 0.0816. The molecule has 0 aromatic heterocycles. The molecule has 0 saturated heterocycles. The Morgan fingerprint density at radius 3 is 1.71 bits per heavy atom. The number of rotatable bonds is 6. The van der Waals surface area contributed by atoms with Crippen LogP contribution in [0.5, 0.6) is 0 Å². The van der Waals surface area contributed by atoms with E-state index in [9.17, 15) is 0 Å². The molecule has 0 aliphatic heterocycles. The van der Waals surface area contributed by atoms with Gasteiger partial charge >= 0.3 is 297 Å². The zero-order valence-corrected chi connectivity index (χ0v) is 33.1. The van der Waals surface area contributed by atoms with Crippen molar-refractivity contribution in [1.82, 2.24) is 0 Å². The van der Waals surface area contributed by atoms with Crippen LogP contribution in [0.4, 0.5) is 0 Å². The van der Waals surface area contributed by atoms with Crippen molar-refractivity contribution < 1.29 is 18.3 Å². The Labute approximate surface area is 319 Å². The maximum atomic E-state index is 5.86. The third-order valence-corrected chi connectivity index (χ3v) is 27.7. The van der Waals surface area contributed by atoms with Gasteiger partial charge in [-0.15, -0.1) is 24.8 Å². The molecular formula is C49H40Cl2Zr. The van der Waals surface area contributed by atoms with E-state index >= 15 is 0 Å². The first-order chi connectivity index (χ1) is 24.6. The second-order valence-corrected chi connectivity index (χ2v) is 29.0. The van der Waals surface area contributed by atoms with Gasteiger partial charge in [0, 0.05) is 0 Å². The van der Waals surface area contributed by atoms with E-state index in [2.05, 4.69) is 170 Å². The van der Waals surface area contributed by atoms with E-state index in [1.165, 1.54) is 79.7 Å². The number of halogens is 2. The summed E-state index contributed by atoms with van der Waals surface area (Å²) in [7, 11) is 0. The molecule has 10 rings (SSSR count). The van der Waals surface area contributed by atoms with E-state index in [-0.39, 0.29) is 24.8 Å². The fourth-order valence-corrected chi connectivity index (χ4v) is 25.6. The van der Waals surface area contributed by atoms with Crippen LogP contribution in [0, 0.1) is 0 Å². The average molecular weight is 791 g/mol. The van der Waals surface area contributed by atoms with Crippen molar-refractivity contribution in [3.8, 4) is 11.1 Å². The number of hydrogen-bond acceptors (Lipinski definition) is 0. The minimum absolute atomic E-state index is 0. The Balaban J connectivity index is 0.00000193. The van der Waals surface area contributed by atoms with E-state index in [0.717, 1.165) is 21.1 Å². The van der Waals surface area contributed by atoms with Gasteiger partial charge in [-0.2, -0.15) is 0 Å². The Morgan fingerprint density at radius 1 is 0.519 bits per heavy atom. The predicted molar refractivity (Wildman–Crippen MR) is 228 cm³/mol. The van der Waals surface area contributed by atoms with E-state index < -0.39 is 18.3 Å². The van der Waals surface area contributed by atoms with Crippen LogP contribution >= 0.6 is 24.8 Å². The maximum absolute atomic E-state index is 5.86. The molecule has 0 atom stereocenters. The monoisotopic (exact) mass is 788 g/mol. The molecule has 8 aromatic rings. The molecule has 0 unspecified atom stereocenters. The topological polar surface area (TPSA) is 0 Å². The summed E-state index contributed by atoms with van der Waals surface area (Å²) >= 11 is -4.72. The summed E-state index contributed by atoms with van der Waals surface area (Å²) in [5.41, 5.74) is 8.58. The van der Waals surface area contributed by atoms with Crippen LogP contribution in [0.2, 0.25) is 0 Å². The molecule has 0 nitrogen and oxygen atoms in total. The molecule has 0 fully saturated rings. The van der Waals surface area contributed by atoms with Crippen molar-refractivity contribution in [2.24, 2.45) is 0 Å². The van der Waals surface area contributed by atoms with E-state index in [1.807, 2.05) is 0 Å². The molecule has 2 aliphatic carbocycles. The van der Waals surface area contributed by atoms with Crippen LogP contribution < -0.4 is 3.27 Å². The van der Waals surface area contributed by atoms with Gasteiger partial charge in [-0.05, 0) is 0 Å². The molecule has 0 heterocycles. The molecule has 0 N–H and O–H groups in total. The van der Waals surface area contributed by atoms with Crippen LogP contribution in [0.1, 0.15) is 28.7 Å². The van der Waals surface area contributed by atoms with E-state index in [4.69, 9.17) is 4.21 Å². The molecule has 0 spiro atoms. The van der Waals surface area contributed by atoms with Crippen LogP contribution in [-0.2, 0) is 33.0 Å². The molecule has 0 bridgehead atoms. The molecule has 2 aliphatic rings. The third kappa shape index (κ3) is 5.16. The van der Waals surface area contributed by atoms with Crippen molar-refractivity contribution in [3.63, 3.8) is 0 Å². The standard InChI is InChI=1S/C21H13.2C11H9.C5H5.CH2.2ClH.Zr/c1-2-8-15-14(7-1)13-20-18-11-4-3-9-16(18)17-10-5-6-12-19(17)21(15)20;2*1-9-5-4-7-10-6-2-3-8-11(9)10;1-2-4-5-3-1;;;;/h1-10,12H,13H2;2*2-8H,1H2;1-3H,4H2;1H2;2*1H;. The number of fused-ring (bicyclic) bond motifs is 10. The summed E-state index contributed by atoms with van der Waals surface area (Å²) in [6.07, 6.45) is 9.08. The van der Waals surface area contributed by atoms with Crippen LogP contribution in [0.15, 0.2) is 173 Å². The normalized spacial score (nSPS) is 13.5.